The Hall–Kier alpha value is -2.55. The van der Waals surface area contributed by atoms with Gasteiger partial charge in [0.05, 0.1) is 12.8 Å². The van der Waals surface area contributed by atoms with Gasteiger partial charge in [0, 0.05) is 0 Å². The van der Waals surface area contributed by atoms with E-state index >= 15 is 0 Å². The first-order valence-electron chi connectivity index (χ1n) is 5.91. The van der Waals surface area contributed by atoms with Gasteiger partial charge in [-0.1, -0.05) is 36.4 Å². The molecule has 0 spiro atoms. The van der Waals surface area contributed by atoms with Crippen LogP contribution in [0.2, 0.25) is 0 Å². The smallest absolute Gasteiger partial charge is 0.201 e. The maximum atomic E-state index is 11.4. The van der Waals surface area contributed by atoms with E-state index in [4.69, 9.17) is 10.5 Å². The topological polar surface area (TPSA) is 52.3 Å². The molecule has 0 atom stereocenters. The highest BCUT2D eigenvalue weighted by atomic mass is 16.5. The molecule has 0 saturated heterocycles. The zero-order chi connectivity index (χ0) is 13.7. The Morgan fingerprint density at radius 3 is 2.00 bits per heavy atom. The van der Waals surface area contributed by atoms with E-state index in [1.165, 1.54) is 6.07 Å². The molecule has 0 bridgehead atoms. The van der Waals surface area contributed by atoms with Gasteiger partial charge in [-0.3, -0.25) is 4.79 Å². The average molecular weight is 253 g/mol. The van der Waals surface area contributed by atoms with Gasteiger partial charge in [-0.2, -0.15) is 0 Å². The molecule has 0 saturated carbocycles. The lowest BCUT2D eigenvalue weighted by atomic mass is 10.1. The van der Waals surface area contributed by atoms with Gasteiger partial charge in [-0.05, 0) is 35.4 Å². The molecular formula is C16H15NO2. The summed E-state index contributed by atoms with van der Waals surface area (Å²) in [6.45, 7) is 0. The van der Waals surface area contributed by atoms with E-state index in [1.54, 1.807) is 19.2 Å². The van der Waals surface area contributed by atoms with Gasteiger partial charge in [-0.25, -0.2) is 0 Å². The first-order chi connectivity index (χ1) is 9.19. The largest absolute Gasteiger partial charge is 0.497 e. The Labute approximate surface area is 112 Å². The van der Waals surface area contributed by atoms with Crippen molar-refractivity contribution in [3.05, 3.63) is 69.9 Å². The number of nitrogen functional groups attached to an aromatic ring is 1. The maximum Gasteiger partial charge on any atom is 0.201 e. The lowest BCUT2D eigenvalue weighted by Crippen LogP contribution is -2.01. The Morgan fingerprint density at radius 1 is 0.895 bits per heavy atom. The number of benzene rings is 1. The minimum absolute atomic E-state index is 0.163. The fourth-order valence-corrected chi connectivity index (χ4v) is 1.61. The second kappa shape index (κ2) is 5.87. The van der Waals surface area contributed by atoms with Crippen LogP contribution in [0.1, 0.15) is 11.1 Å². The first-order valence-corrected chi connectivity index (χ1v) is 5.91. The molecule has 0 aliphatic carbocycles. The molecule has 96 valence electrons. The summed E-state index contributed by atoms with van der Waals surface area (Å²) in [5.74, 6) is 0.826. The predicted octanol–water partition coefficient (Wildman–Crippen LogP) is 2.81. The molecule has 2 N–H and O–H groups in total. The van der Waals surface area contributed by atoms with Gasteiger partial charge in [-0.15, -0.1) is 0 Å². The number of anilines is 1. The van der Waals surface area contributed by atoms with E-state index in [1.807, 2.05) is 42.5 Å². The zero-order valence-electron chi connectivity index (χ0n) is 10.7. The third-order valence-corrected chi connectivity index (χ3v) is 2.75. The molecule has 2 rings (SSSR count). The number of rotatable bonds is 3. The molecule has 3 nitrogen and oxygen atoms in total. The maximum absolute atomic E-state index is 11.4. The van der Waals surface area contributed by atoms with Crippen molar-refractivity contribution < 1.29 is 4.74 Å². The van der Waals surface area contributed by atoms with Gasteiger partial charge in [0.2, 0.25) is 5.43 Å². The molecule has 2 aromatic rings. The Morgan fingerprint density at radius 2 is 1.42 bits per heavy atom. The molecule has 3 heteroatoms. The first kappa shape index (κ1) is 12.9. The summed E-state index contributed by atoms with van der Waals surface area (Å²) in [4.78, 5) is 11.4. The summed E-state index contributed by atoms with van der Waals surface area (Å²) in [6, 6.07) is 14.4. The van der Waals surface area contributed by atoms with Crippen LogP contribution < -0.4 is 15.9 Å². The Balaban J connectivity index is 2.22. The minimum Gasteiger partial charge on any atom is -0.497 e. The zero-order valence-corrected chi connectivity index (χ0v) is 10.7. The van der Waals surface area contributed by atoms with Crippen molar-refractivity contribution in [3.8, 4) is 5.75 Å². The number of hydrogen-bond donors (Lipinski definition) is 1. The van der Waals surface area contributed by atoms with Crippen molar-refractivity contribution in [1.29, 1.82) is 0 Å². The third-order valence-electron chi connectivity index (χ3n) is 2.75. The highest BCUT2D eigenvalue weighted by Gasteiger charge is 1.92. The van der Waals surface area contributed by atoms with E-state index in [-0.39, 0.29) is 11.1 Å². The van der Waals surface area contributed by atoms with Crippen LogP contribution in [0.5, 0.6) is 5.75 Å². The molecule has 0 amide bonds. The number of hydrogen-bond acceptors (Lipinski definition) is 3. The SMILES string of the molecule is COc1ccc(C=Cc2ccc(N)c(=O)cc2)cc1. The summed E-state index contributed by atoms with van der Waals surface area (Å²) >= 11 is 0. The molecule has 19 heavy (non-hydrogen) atoms. The summed E-state index contributed by atoms with van der Waals surface area (Å²) in [6.07, 6.45) is 3.90. The number of methoxy groups -OCH3 is 1. The van der Waals surface area contributed by atoms with Gasteiger partial charge in [0.1, 0.15) is 5.75 Å². The highest BCUT2D eigenvalue weighted by Crippen LogP contribution is 2.13. The van der Waals surface area contributed by atoms with Crippen molar-refractivity contribution in [2.75, 3.05) is 12.8 Å². The van der Waals surface area contributed by atoms with Crippen LogP contribution in [0, 0.1) is 0 Å². The lowest BCUT2D eigenvalue weighted by molar-refractivity contribution is 0.415. The van der Waals surface area contributed by atoms with Gasteiger partial charge < -0.3 is 10.5 Å². The molecule has 0 fully saturated rings. The van der Waals surface area contributed by atoms with E-state index in [2.05, 4.69) is 0 Å². The molecule has 2 aromatic carbocycles. The molecule has 0 aliphatic heterocycles. The van der Waals surface area contributed by atoms with Gasteiger partial charge >= 0.3 is 0 Å². The van der Waals surface area contributed by atoms with Crippen molar-refractivity contribution in [3.63, 3.8) is 0 Å². The van der Waals surface area contributed by atoms with E-state index in [0.29, 0.717) is 0 Å². The van der Waals surface area contributed by atoms with Crippen LogP contribution in [-0.4, -0.2) is 7.11 Å². The minimum atomic E-state index is -0.163. The molecule has 0 radical (unpaired) electrons. The van der Waals surface area contributed by atoms with Crippen molar-refractivity contribution >= 4 is 17.8 Å². The molecular weight excluding hydrogens is 238 g/mol. The van der Waals surface area contributed by atoms with E-state index in [9.17, 15) is 4.79 Å². The van der Waals surface area contributed by atoms with Crippen LogP contribution in [0.3, 0.4) is 0 Å². The van der Waals surface area contributed by atoms with Crippen LogP contribution in [-0.2, 0) is 0 Å². The van der Waals surface area contributed by atoms with Crippen LogP contribution in [0.15, 0.2) is 53.3 Å². The summed E-state index contributed by atoms with van der Waals surface area (Å²) in [7, 11) is 1.64. The van der Waals surface area contributed by atoms with Crippen molar-refractivity contribution in [1.82, 2.24) is 0 Å². The number of ether oxygens (including phenoxy) is 1. The van der Waals surface area contributed by atoms with Gasteiger partial charge in [0.25, 0.3) is 0 Å². The fraction of sp³-hybridized carbons (Fsp3) is 0.0625. The predicted molar refractivity (Wildman–Crippen MR) is 79.0 cm³/mol. The quantitative estimate of drug-likeness (QED) is 0.915. The van der Waals surface area contributed by atoms with Crippen LogP contribution >= 0.6 is 0 Å². The normalized spacial score (nSPS) is 10.6. The monoisotopic (exact) mass is 253 g/mol. The Bertz CT molecular complexity index is 646. The van der Waals surface area contributed by atoms with E-state index in [0.717, 1.165) is 16.9 Å². The standard InChI is InChI=1S/C16H15NO2/c1-19-14-8-4-12(5-9-14)2-3-13-6-10-15(17)16(18)11-7-13/h2-11H,1H3,(H2,17,18). The molecule has 0 heterocycles. The average Bonchev–Trinajstić information content (AvgIpc) is 2.61. The summed E-state index contributed by atoms with van der Waals surface area (Å²) in [5, 5.41) is 0. The summed E-state index contributed by atoms with van der Waals surface area (Å²) < 4.78 is 5.10. The lowest BCUT2D eigenvalue weighted by Gasteiger charge is -1.98. The van der Waals surface area contributed by atoms with Crippen LogP contribution in [0.25, 0.3) is 12.2 Å². The summed E-state index contributed by atoms with van der Waals surface area (Å²) in [5.41, 5.74) is 7.63. The van der Waals surface area contributed by atoms with Crippen molar-refractivity contribution in [2.24, 2.45) is 0 Å². The van der Waals surface area contributed by atoms with E-state index < -0.39 is 0 Å². The number of nitrogens with two attached hydrogens (primary N) is 1. The molecule has 0 aromatic heterocycles. The van der Waals surface area contributed by atoms with Gasteiger partial charge in [0.15, 0.2) is 0 Å². The van der Waals surface area contributed by atoms with Crippen molar-refractivity contribution in [2.45, 2.75) is 0 Å². The highest BCUT2D eigenvalue weighted by molar-refractivity contribution is 5.69. The fourth-order valence-electron chi connectivity index (χ4n) is 1.61. The van der Waals surface area contributed by atoms with Crippen LogP contribution in [0.4, 0.5) is 5.69 Å². The molecule has 0 unspecified atom stereocenters. The second-order valence-electron chi connectivity index (χ2n) is 4.09. The molecule has 0 aliphatic rings. The second-order valence-corrected chi connectivity index (χ2v) is 4.09. The Kier molecular flexibility index (Phi) is 3.98. The third kappa shape index (κ3) is 3.45.